The van der Waals surface area contributed by atoms with Gasteiger partial charge in [0.1, 0.15) is 17.4 Å². The van der Waals surface area contributed by atoms with Crippen LogP contribution in [0.4, 0.5) is 14.5 Å². The lowest BCUT2D eigenvalue weighted by molar-refractivity contribution is 0.414. The average molecular weight is 342 g/mol. The summed E-state index contributed by atoms with van der Waals surface area (Å²) >= 11 is 3.16. The van der Waals surface area contributed by atoms with Crippen molar-refractivity contribution in [2.24, 2.45) is 0 Å². The number of halogens is 3. The number of anilines is 1. The van der Waals surface area contributed by atoms with E-state index in [-0.39, 0.29) is 11.7 Å². The van der Waals surface area contributed by atoms with Crippen molar-refractivity contribution >= 4 is 21.6 Å². The number of nitrogens with one attached hydrogen (secondary N) is 1. The third kappa shape index (κ3) is 3.28. The second-order valence-electron chi connectivity index (χ2n) is 4.38. The minimum absolute atomic E-state index is 0.128. The number of methoxy groups -OCH3 is 1. The lowest BCUT2D eigenvalue weighted by atomic mass is 10.1. The van der Waals surface area contributed by atoms with Crippen LogP contribution in [0.1, 0.15) is 18.5 Å². The zero-order chi connectivity index (χ0) is 14.7. The van der Waals surface area contributed by atoms with Crippen LogP contribution in [0.2, 0.25) is 0 Å². The molecule has 1 unspecified atom stereocenters. The number of benzene rings is 2. The Morgan fingerprint density at radius 3 is 2.35 bits per heavy atom. The van der Waals surface area contributed by atoms with Crippen molar-refractivity contribution in [2.45, 2.75) is 13.0 Å². The molecule has 0 aliphatic carbocycles. The van der Waals surface area contributed by atoms with Crippen molar-refractivity contribution in [1.29, 1.82) is 0 Å². The molecule has 0 aromatic heterocycles. The molecular formula is C15H14BrF2NO. The number of hydrogen-bond acceptors (Lipinski definition) is 2. The van der Waals surface area contributed by atoms with E-state index in [4.69, 9.17) is 4.74 Å². The van der Waals surface area contributed by atoms with Gasteiger partial charge in [-0.1, -0.05) is 12.1 Å². The number of rotatable bonds is 4. The Balaban J connectivity index is 2.20. The molecule has 0 radical (unpaired) electrons. The Labute approximate surface area is 124 Å². The van der Waals surface area contributed by atoms with Crippen molar-refractivity contribution < 1.29 is 13.5 Å². The largest absolute Gasteiger partial charge is 0.497 e. The molecule has 2 nitrogen and oxygen atoms in total. The first kappa shape index (κ1) is 14.8. The molecule has 2 aromatic rings. The SMILES string of the molecule is COc1ccc(C(C)Nc2c(F)cc(F)cc2Br)cc1. The van der Waals surface area contributed by atoms with Crippen LogP contribution in [0.15, 0.2) is 40.9 Å². The Morgan fingerprint density at radius 1 is 1.15 bits per heavy atom. The Morgan fingerprint density at radius 2 is 1.80 bits per heavy atom. The van der Waals surface area contributed by atoms with E-state index in [0.717, 1.165) is 17.4 Å². The van der Waals surface area contributed by atoms with Crippen LogP contribution in [0.5, 0.6) is 5.75 Å². The van der Waals surface area contributed by atoms with Crippen LogP contribution in [0.25, 0.3) is 0 Å². The summed E-state index contributed by atoms with van der Waals surface area (Å²) in [5, 5.41) is 3.03. The quantitative estimate of drug-likeness (QED) is 0.853. The molecule has 0 heterocycles. The van der Waals surface area contributed by atoms with E-state index in [1.165, 1.54) is 6.07 Å². The molecule has 0 spiro atoms. The maximum atomic E-state index is 13.8. The molecule has 0 aliphatic heterocycles. The van der Waals surface area contributed by atoms with Gasteiger partial charge in [-0.25, -0.2) is 8.78 Å². The fourth-order valence-electron chi connectivity index (χ4n) is 1.87. The summed E-state index contributed by atoms with van der Waals surface area (Å²) in [6.07, 6.45) is 0. The van der Waals surface area contributed by atoms with Crippen molar-refractivity contribution in [1.82, 2.24) is 0 Å². The minimum atomic E-state index is -0.628. The maximum Gasteiger partial charge on any atom is 0.150 e. The van der Waals surface area contributed by atoms with Crippen molar-refractivity contribution in [3.8, 4) is 5.75 Å². The molecular weight excluding hydrogens is 328 g/mol. The van der Waals surface area contributed by atoms with Gasteiger partial charge in [0.05, 0.1) is 12.8 Å². The highest BCUT2D eigenvalue weighted by Gasteiger charge is 2.13. The second kappa shape index (κ2) is 6.22. The van der Waals surface area contributed by atoms with Gasteiger partial charge in [0, 0.05) is 16.6 Å². The van der Waals surface area contributed by atoms with E-state index < -0.39 is 11.6 Å². The van der Waals surface area contributed by atoms with Gasteiger partial charge in [0.2, 0.25) is 0 Å². The third-order valence-corrected chi connectivity index (χ3v) is 3.61. The van der Waals surface area contributed by atoms with Gasteiger partial charge < -0.3 is 10.1 Å². The van der Waals surface area contributed by atoms with Gasteiger partial charge in [0.15, 0.2) is 0 Å². The zero-order valence-electron chi connectivity index (χ0n) is 11.1. The summed E-state index contributed by atoms with van der Waals surface area (Å²) in [6.45, 7) is 1.90. The Hall–Kier alpha value is -1.62. The maximum absolute atomic E-state index is 13.8. The summed E-state index contributed by atoms with van der Waals surface area (Å²) in [5.74, 6) is -0.482. The van der Waals surface area contributed by atoms with E-state index in [2.05, 4.69) is 21.2 Å². The average Bonchev–Trinajstić information content (AvgIpc) is 2.42. The van der Waals surface area contributed by atoms with Crippen molar-refractivity contribution in [3.05, 3.63) is 58.1 Å². The van der Waals surface area contributed by atoms with Gasteiger partial charge in [-0.2, -0.15) is 0 Å². The minimum Gasteiger partial charge on any atom is -0.497 e. The van der Waals surface area contributed by atoms with Crippen LogP contribution in [0, 0.1) is 11.6 Å². The molecule has 5 heteroatoms. The number of hydrogen-bond donors (Lipinski definition) is 1. The molecule has 0 bridgehead atoms. The Bertz CT molecular complexity index is 578. The molecule has 0 saturated heterocycles. The standard InChI is InChI=1S/C15H14BrF2NO/c1-9(10-3-5-12(20-2)6-4-10)19-15-13(16)7-11(17)8-14(15)18/h3-9,19H,1-2H3. The predicted molar refractivity (Wildman–Crippen MR) is 79.1 cm³/mol. The van der Waals surface area contributed by atoms with Crippen LogP contribution in [-0.4, -0.2) is 7.11 Å². The molecule has 2 rings (SSSR count). The highest BCUT2D eigenvalue weighted by Crippen LogP contribution is 2.30. The second-order valence-corrected chi connectivity index (χ2v) is 5.24. The topological polar surface area (TPSA) is 21.3 Å². The molecule has 1 N–H and O–H groups in total. The van der Waals surface area contributed by atoms with E-state index in [1.54, 1.807) is 7.11 Å². The highest BCUT2D eigenvalue weighted by molar-refractivity contribution is 9.10. The van der Waals surface area contributed by atoms with Crippen molar-refractivity contribution in [2.75, 3.05) is 12.4 Å². The van der Waals surface area contributed by atoms with E-state index in [1.807, 2.05) is 31.2 Å². The first-order valence-electron chi connectivity index (χ1n) is 6.06. The molecule has 0 aliphatic rings. The summed E-state index contributed by atoms with van der Waals surface area (Å²) < 4.78 is 32.2. The Kier molecular flexibility index (Phi) is 4.60. The van der Waals surface area contributed by atoms with Crippen LogP contribution in [-0.2, 0) is 0 Å². The molecule has 0 saturated carbocycles. The molecule has 0 fully saturated rings. The predicted octanol–water partition coefficient (Wildman–Crippen LogP) is 4.91. The molecule has 0 amide bonds. The fraction of sp³-hybridized carbons (Fsp3) is 0.200. The third-order valence-electron chi connectivity index (χ3n) is 2.98. The smallest absolute Gasteiger partial charge is 0.150 e. The first-order chi connectivity index (χ1) is 9.51. The van der Waals surface area contributed by atoms with Crippen LogP contribution < -0.4 is 10.1 Å². The summed E-state index contributed by atoms with van der Waals surface area (Å²) in [6, 6.07) is 9.42. The van der Waals surface area contributed by atoms with Gasteiger partial charge in [0.25, 0.3) is 0 Å². The summed E-state index contributed by atoms with van der Waals surface area (Å²) in [4.78, 5) is 0. The van der Waals surface area contributed by atoms with E-state index in [9.17, 15) is 8.78 Å². The van der Waals surface area contributed by atoms with Crippen LogP contribution >= 0.6 is 15.9 Å². The number of ether oxygens (including phenoxy) is 1. The van der Waals surface area contributed by atoms with Crippen LogP contribution in [0.3, 0.4) is 0 Å². The molecule has 20 heavy (non-hydrogen) atoms. The molecule has 106 valence electrons. The monoisotopic (exact) mass is 341 g/mol. The highest BCUT2D eigenvalue weighted by atomic mass is 79.9. The fourth-order valence-corrected chi connectivity index (χ4v) is 2.40. The normalized spacial score (nSPS) is 12.1. The van der Waals surface area contributed by atoms with Gasteiger partial charge in [-0.3, -0.25) is 0 Å². The lowest BCUT2D eigenvalue weighted by Crippen LogP contribution is -2.08. The van der Waals surface area contributed by atoms with E-state index >= 15 is 0 Å². The lowest BCUT2D eigenvalue weighted by Gasteiger charge is -2.18. The van der Waals surface area contributed by atoms with Crippen molar-refractivity contribution in [3.63, 3.8) is 0 Å². The summed E-state index contributed by atoms with van der Waals surface area (Å²) in [7, 11) is 1.60. The molecule has 2 aromatic carbocycles. The molecule has 1 atom stereocenters. The van der Waals surface area contributed by atoms with E-state index in [0.29, 0.717) is 4.47 Å². The first-order valence-corrected chi connectivity index (χ1v) is 6.85. The van der Waals surface area contributed by atoms with Gasteiger partial charge in [-0.15, -0.1) is 0 Å². The van der Waals surface area contributed by atoms with Gasteiger partial charge in [-0.05, 0) is 46.6 Å². The zero-order valence-corrected chi connectivity index (χ0v) is 12.7. The summed E-state index contributed by atoms with van der Waals surface area (Å²) in [5.41, 5.74) is 1.22. The van der Waals surface area contributed by atoms with Gasteiger partial charge >= 0.3 is 0 Å².